The number of urea groups is 1. The van der Waals surface area contributed by atoms with Gasteiger partial charge in [-0.05, 0) is 44.9 Å². The molecule has 7 heteroatoms. The minimum atomic E-state index is -0.515. The number of carbonyl (C=O) groups excluding carboxylic acids is 2. The van der Waals surface area contributed by atoms with E-state index in [2.05, 4.69) is 33.9 Å². The van der Waals surface area contributed by atoms with Crippen LogP contribution in [-0.4, -0.2) is 45.8 Å². The number of benzene rings is 1. The second-order valence-electron chi connectivity index (χ2n) is 6.43. The molecule has 2 N–H and O–H groups in total. The highest BCUT2D eigenvalue weighted by Gasteiger charge is 2.30. The Morgan fingerprint density at radius 1 is 1.32 bits per heavy atom. The van der Waals surface area contributed by atoms with E-state index in [9.17, 15) is 9.59 Å². The van der Waals surface area contributed by atoms with Crippen molar-refractivity contribution in [3.8, 4) is 5.69 Å². The van der Waals surface area contributed by atoms with Crippen molar-refractivity contribution < 1.29 is 9.59 Å². The zero-order valence-corrected chi connectivity index (χ0v) is 15.0. The van der Waals surface area contributed by atoms with Gasteiger partial charge in [-0.15, -0.1) is 0 Å². The van der Waals surface area contributed by atoms with Gasteiger partial charge in [-0.2, -0.15) is 5.10 Å². The number of hydrogen-bond donors (Lipinski definition) is 2. The molecule has 3 rings (SSSR count). The average Bonchev–Trinajstić information content (AvgIpc) is 3.16. The van der Waals surface area contributed by atoms with E-state index in [4.69, 9.17) is 0 Å². The van der Waals surface area contributed by atoms with Gasteiger partial charge in [-0.25, -0.2) is 9.48 Å². The van der Waals surface area contributed by atoms with Crippen LogP contribution in [0.25, 0.3) is 5.69 Å². The van der Waals surface area contributed by atoms with Crippen molar-refractivity contribution in [2.24, 2.45) is 0 Å². The predicted molar refractivity (Wildman–Crippen MR) is 96.0 cm³/mol. The number of nitrogens with zero attached hydrogens (tertiary/aromatic N) is 3. The largest absolute Gasteiger partial charge is 0.371 e. The van der Waals surface area contributed by atoms with Gasteiger partial charge in [0.25, 0.3) is 5.91 Å². The third-order valence-corrected chi connectivity index (χ3v) is 4.47. The first kappa shape index (κ1) is 17.0. The molecule has 2 aromatic rings. The van der Waals surface area contributed by atoms with E-state index in [1.54, 1.807) is 13.1 Å². The molecule has 0 radical (unpaired) electrons. The van der Waals surface area contributed by atoms with E-state index in [0.717, 1.165) is 28.2 Å². The van der Waals surface area contributed by atoms with Gasteiger partial charge in [0.05, 0.1) is 23.3 Å². The number of rotatable bonds is 4. The number of amides is 3. The van der Waals surface area contributed by atoms with Crippen LogP contribution < -0.4 is 10.6 Å². The molecule has 0 unspecified atom stereocenters. The molecule has 2 heterocycles. The van der Waals surface area contributed by atoms with Gasteiger partial charge in [0.1, 0.15) is 6.04 Å². The van der Waals surface area contributed by atoms with Gasteiger partial charge < -0.3 is 10.6 Å². The Morgan fingerprint density at radius 3 is 2.76 bits per heavy atom. The van der Waals surface area contributed by atoms with Gasteiger partial charge in [-0.3, -0.25) is 9.69 Å². The molecule has 1 aromatic carbocycles. The van der Waals surface area contributed by atoms with Crippen LogP contribution in [0.15, 0.2) is 24.4 Å². The van der Waals surface area contributed by atoms with Crippen LogP contribution in [0, 0.1) is 20.8 Å². The number of carbonyl (C=O) groups is 2. The molecule has 1 aliphatic rings. The summed E-state index contributed by atoms with van der Waals surface area (Å²) in [6, 6.07) is 5.37. The molecule has 3 amide bonds. The SMILES string of the molecule is Cc1ccc(C)c(-n2ncc(N[C@@H](C)C(=O)N3CCNC3=O)c2C)c1. The van der Waals surface area contributed by atoms with Crippen LogP contribution in [0.4, 0.5) is 10.5 Å². The molecule has 0 spiro atoms. The molecular formula is C18H23N5O2. The van der Waals surface area contributed by atoms with Crippen LogP contribution in [0.2, 0.25) is 0 Å². The van der Waals surface area contributed by atoms with Crippen molar-refractivity contribution in [2.75, 3.05) is 18.4 Å². The van der Waals surface area contributed by atoms with E-state index in [0.29, 0.717) is 13.1 Å². The Hall–Kier alpha value is -2.83. The van der Waals surface area contributed by atoms with Crippen molar-refractivity contribution >= 4 is 17.6 Å². The first-order valence-corrected chi connectivity index (χ1v) is 8.36. The topological polar surface area (TPSA) is 79.3 Å². The van der Waals surface area contributed by atoms with E-state index >= 15 is 0 Å². The lowest BCUT2D eigenvalue weighted by Crippen LogP contribution is -2.43. The Kier molecular flexibility index (Phi) is 4.48. The van der Waals surface area contributed by atoms with Gasteiger partial charge in [-0.1, -0.05) is 12.1 Å². The van der Waals surface area contributed by atoms with Gasteiger partial charge >= 0.3 is 6.03 Å². The summed E-state index contributed by atoms with van der Waals surface area (Å²) in [6.45, 7) is 8.70. The number of aryl methyl sites for hydroxylation is 2. The molecule has 7 nitrogen and oxygen atoms in total. The molecular weight excluding hydrogens is 318 g/mol. The summed E-state index contributed by atoms with van der Waals surface area (Å²) in [5, 5.41) is 10.3. The van der Waals surface area contributed by atoms with Crippen molar-refractivity contribution in [1.82, 2.24) is 20.0 Å². The van der Waals surface area contributed by atoms with Crippen molar-refractivity contribution in [3.05, 3.63) is 41.2 Å². The fourth-order valence-corrected chi connectivity index (χ4v) is 2.95. The first-order chi connectivity index (χ1) is 11.9. The molecule has 1 saturated heterocycles. The van der Waals surface area contributed by atoms with Crippen LogP contribution in [0.3, 0.4) is 0 Å². The highest BCUT2D eigenvalue weighted by molar-refractivity contribution is 5.99. The Morgan fingerprint density at radius 2 is 2.08 bits per heavy atom. The lowest BCUT2D eigenvalue weighted by molar-refractivity contribution is -0.128. The molecule has 1 aliphatic heterocycles. The monoisotopic (exact) mass is 341 g/mol. The molecule has 0 aliphatic carbocycles. The molecule has 25 heavy (non-hydrogen) atoms. The number of nitrogens with one attached hydrogen (secondary N) is 2. The van der Waals surface area contributed by atoms with Crippen LogP contribution in [-0.2, 0) is 4.79 Å². The maximum atomic E-state index is 12.4. The molecule has 0 saturated carbocycles. The second-order valence-corrected chi connectivity index (χ2v) is 6.43. The third kappa shape index (κ3) is 3.22. The standard InChI is InChI=1S/C18H23N5O2/c1-11-5-6-12(2)16(9-11)23-14(4)15(10-20-23)21-13(3)17(24)22-8-7-19-18(22)25/h5-6,9-10,13,21H,7-8H2,1-4H3,(H,19,25)/t13-/m0/s1. The fraction of sp³-hybridized carbons (Fsp3) is 0.389. The number of hydrogen-bond acceptors (Lipinski definition) is 4. The van der Waals surface area contributed by atoms with E-state index in [1.807, 2.05) is 25.5 Å². The van der Waals surface area contributed by atoms with Crippen LogP contribution in [0.1, 0.15) is 23.7 Å². The smallest absolute Gasteiger partial charge is 0.324 e. The summed E-state index contributed by atoms with van der Waals surface area (Å²) in [5.74, 6) is -0.242. The minimum absolute atomic E-state index is 0.242. The zero-order valence-electron chi connectivity index (χ0n) is 15.0. The maximum absolute atomic E-state index is 12.4. The maximum Gasteiger partial charge on any atom is 0.324 e. The van der Waals surface area contributed by atoms with Gasteiger partial charge in [0.2, 0.25) is 0 Å². The number of imide groups is 1. The van der Waals surface area contributed by atoms with Crippen molar-refractivity contribution in [1.29, 1.82) is 0 Å². The minimum Gasteiger partial charge on any atom is -0.371 e. The van der Waals surface area contributed by atoms with Crippen molar-refractivity contribution in [2.45, 2.75) is 33.7 Å². The highest BCUT2D eigenvalue weighted by atomic mass is 16.2. The van der Waals surface area contributed by atoms with Crippen LogP contribution >= 0.6 is 0 Å². The predicted octanol–water partition coefficient (Wildman–Crippen LogP) is 2.15. The number of aromatic nitrogens is 2. The Labute approximate surface area is 147 Å². The third-order valence-electron chi connectivity index (χ3n) is 4.47. The average molecular weight is 341 g/mol. The summed E-state index contributed by atoms with van der Waals surface area (Å²) in [6.07, 6.45) is 1.71. The van der Waals surface area contributed by atoms with Gasteiger partial charge in [0, 0.05) is 13.1 Å². The molecule has 132 valence electrons. The lowest BCUT2D eigenvalue weighted by Gasteiger charge is -2.19. The van der Waals surface area contributed by atoms with Crippen molar-refractivity contribution in [3.63, 3.8) is 0 Å². The quantitative estimate of drug-likeness (QED) is 0.893. The van der Waals surface area contributed by atoms with E-state index < -0.39 is 6.04 Å². The highest BCUT2D eigenvalue weighted by Crippen LogP contribution is 2.22. The summed E-state index contributed by atoms with van der Waals surface area (Å²) < 4.78 is 1.87. The second kappa shape index (κ2) is 6.58. The number of anilines is 1. The summed E-state index contributed by atoms with van der Waals surface area (Å²) in [7, 11) is 0. The lowest BCUT2D eigenvalue weighted by atomic mass is 10.1. The summed E-state index contributed by atoms with van der Waals surface area (Å²) in [4.78, 5) is 25.3. The Bertz CT molecular complexity index is 827. The summed E-state index contributed by atoms with van der Waals surface area (Å²) in [5.41, 5.74) is 5.00. The normalized spacial score (nSPS) is 15.2. The molecule has 1 fully saturated rings. The molecule has 1 aromatic heterocycles. The molecule has 1 atom stereocenters. The fourth-order valence-electron chi connectivity index (χ4n) is 2.95. The molecule has 0 bridgehead atoms. The summed E-state index contributed by atoms with van der Waals surface area (Å²) >= 11 is 0. The Balaban J connectivity index is 1.80. The van der Waals surface area contributed by atoms with Crippen LogP contribution in [0.5, 0.6) is 0 Å². The van der Waals surface area contributed by atoms with E-state index in [1.165, 1.54) is 4.90 Å². The van der Waals surface area contributed by atoms with Gasteiger partial charge in [0.15, 0.2) is 0 Å². The zero-order chi connectivity index (χ0) is 18.1. The first-order valence-electron chi connectivity index (χ1n) is 8.36. The van der Waals surface area contributed by atoms with E-state index in [-0.39, 0.29) is 11.9 Å².